The first-order chi connectivity index (χ1) is 6.09. The Bertz CT molecular complexity index is 229. The number of hydrogen-bond donors (Lipinski definition) is 1. The molecule has 0 aromatic carbocycles. The summed E-state index contributed by atoms with van der Waals surface area (Å²) in [5.41, 5.74) is 1.11. The Hall–Kier alpha value is -0.830. The summed E-state index contributed by atoms with van der Waals surface area (Å²) in [6.07, 6.45) is 2.19. The van der Waals surface area contributed by atoms with E-state index in [1.807, 2.05) is 10.7 Å². The van der Waals surface area contributed by atoms with Gasteiger partial charge >= 0.3 is 0 Å². The highest BCUT2D eigenvalue weighted by molar-refractivity contribution is 5.01. The third-order valence-electron chi connectivity index (χ3n) is 1.85. The molecule has 0 aliphatic rings. The predicted octanol–water partition coefficient (Wildman–Crippen LogP) is 1.46. The number of aliphatic hydroxyl groups excluding tert-OH is 1. The van der Waals surface area contributed by atoms with Crippen molar-refractivity contribution in [2.75, 3.05) is 0 Å². The lowest BCUT2D eigenvalue weighted by Crippen LogP contribution is -2.13. The van der Waals surface area contributed by atoms with Gasteiger partial charge in [0.25, 0.3) is 0 Å². The van der Waals surface area contributed by atoms with Crippen molar-refractivity contribution in [1.82, 2.24) is 9.78 Å². The summed E-state index contributed by atoms with van der Waals surface area (Å²) < 4.78 is 1.97. The fourth-order valence-corrected chi connectivity index (χ4v) is 1.35. The maximum absolute atomic E-state index is 9.24. The van der Waals surface area contributed by atoms with E-state index in [9.17, 15) is 5.11 Å². The molecule has 0 radical (unpaired) electrons. The number of hydrogen-bond acceptors (Lipinski definition) is 2. The largest absolute Gasteiger partial charge is 0.393 e. The zero-order valence-corrected chi connectivity index (χ0v) is 8.57. The van der Waals surface area contributed by atoms with Crippen molar-refractivity contribution in [3.63, 3.8) is 0 Å². The topological polar surface area (TPSA) is 38.0 Å². The molecule has 0 saturated carbocycles. The molecule has 1 rings (SSSR count). The van der Waals surface area contributed by atoms with Gasteiger partial charge in [0, 0.05) is 24.9 Å². The molecule has 1 aromatic heterocycles. The minimum Gasteiger partial charge on any atom is -0.393 e. The van der Waals surface area contributed by atoms with Gasteiger partial charge in [0.2, 0.25) is 0 Å². The fraction of sp³-hybridized carbons (Fsp3) is 0.700. The molecule has 1 atom stereocenters. The molecule has 1 heterocycles. The van der Waals surface area contributed by atoms with E-state index < -0.39 is 0 Å². The monoisotopic (exact) mass is 182 g/mol. The lowest BCUT2D eigenvalue weighted by molar-refractivity contribution is 0.191. The summed E-state index contributed by atoms with van der Waals surface area (Å²) >= 11 is 0. The Labute approximate surface area is 79.4 Å². The highest BCUT2D eigenvalue weighted by Gasteiger charge is 2.06. The van der Waals surface area contributed by atoms with Gasteiger partial charge in [-0.2, -0.15) is 5.10 Å². The van der Waals surface area contributed by atoms with Gasteiger partial charge in [-0.15, -0.1) is 0 Å². The minimum atomic E-state index is -0.289. The molecule has 0 spiro atoms. The first-order valence-electron chi connectivity index (χ1n) is 4.78. The van der Waals surface area contributed by atoms with Crippen LogP contribution in [0.25, 0.3) is 0 Å². The molecule has 0 aliphatic carbocycles. The summed E-state index contributed by atoms with van der Waals surface area (Å²) in [6, 6.07) is 1.97. The number of rotatable bonds is 4. The van der Waals surface area contributed by atoms with Crippen LogP contribution in [0.15, 0.2) is 12.3 Å². The van der Waals surface area contributed by atoms with Crippen LogP contribution in [0.2, 0.25) is 0 Å². The molecule has 0 saturated heterocycles. The smallest absolute Gasteiger partial charge is 0.0567 e. The van der Waals surface area contributed by atoms with Gasteiger partial charge in [0.15, 0.2) is 0 Å². The summed E-state index contributed by atoms with van der Waals surface area (Å²) in [6.45, 7) is 7.05. The Morgan fingerprint density at radius 3 is 2.69 bits per heavy atom. The Morgan fingerprint density at radius 2 is 2.15 bits per heavy atom. The van der Waals surface area contributed by atoms with Crippen LogP contribution in [0.1, 0.15) is 26.5 Å². The second-order valence-electron chi connectivity index (χ2n) is 3.95. The normalized spacial score (nSPS) is 13.6. The van der Waals surface area contributed by atoms with Gasteiger partial charge < -0.3 is 5.11 Å². The van der Waals surface area contributed by atoms with Crippen molar-refractivity contribution in [3.8, 4) is 0 Å². The first-order valence-corrected chi connectivity index (χ1v) is 4.78. The number of aliphatic hydroxyl groups is 1. The van der Waals surface area contributed by atoms with Crippen molar-refractivity contribution in [3.05, 3.63) is 18.0 Å². The van der Waals surface area contributed by atoms with Crippen LogP contribution < -0.4 is 0 Å². The lowest BCUT2D eigenvalue weighted by atomic mass is 10.2. The summed E-state index contributed by atoms with van der Waals surface area (Å²) in [4.78, 5) is 0. The van der Waals surface area contributed by atoms with Gasteiger partial charge in [-0.1, -0.05) is 13.8 Å². The van der Waals surface area contributed by atoms with E-state index in [0.717, 1.165) is 12.2 Å². The number of aromatic nitrogens is 2. The maximum atomic E-state index is 9.24. The Balaban J connectivity index is 2.65. The average molecular weight is 182 g/mol. The third-order valence-corrected chi connectivity index (χ3v) is 1.85. The van der Waals surface area contributed by atoms with Crippen LogP contribution in [0.3, 0.4) is 0 Å². The average Bonchev–Trinajstić information content (AvgIpc) is 2.34. The van der Waals surface area contributed by atoms with Crippen molar-refractivity contribution < 1.29 is 5.11 Å². The zero-order valence-electron chi connectivity index (χ0n) is 8.57. The van der Waals surface area contributed by atoms with Crippen molar-refractivity contribution >= 4 is 0 Å². The van der Waals surface area contributed by atoms with Crippen LogP contribution in [0.5, 0.6) is 0 Å². The standard InChI is InChI=1S/C10H18N2O/c1-8(2)7-12-10(4-5-11-12)6-9(3)13/h4-5,8-9,13H,6-7H2,1-3H3/t9-/m1/s1. The summed E-state index contributed by atoms with van der Waals surface area (Å²) in [7, 11) is 0. The minimum absolute atomic E-state index is 0.289. The highest BCUT2D eigenvalue weighted by atomic mass is 16.3. The van der Waals surface area contributed by atoms with Crippen LogP contribution in [0.4, 0.5) is 0 Å². The lowest BCUT2D eigenvalue weighted by Gasteiger charge is -2.10. The van der Waals surface area contributed by atoms with Crippen LogP contribution in [0, 0.1) is 5.92 Å². The predicted molar refractivity (Wildman–Crippen MR) is 52.4 cm³/mol. The molecule has 1 aromatic rings. The molecule has 3 nitrogen and oxygen atoms in total. The second kappa shape index (κ2) is 4.42. The quantitative estimate of drug-likeness (QED) is 0.765. The van der Waals surface area contributed by atoms with Gasteiger partial charge in [-0.25, -0.2) is 0 Å². The van der Waals surface area contributed by atoms with E-state index in [-0.39, 0.29) is 6.10 Å². The van der Waals surface area contributed by atoms with E-state index in [1.165, 1.54) is 0 Å². The molecular formula is C10H18N2O. The van der Waals surface area contributed by atoms with Gasteiger partial charge in [-0.05, 0) is 18.9 Å². The Morgan fingerprint density at radius 1 is 1.46 bits per heavy atom. The van der Waals surface area contributed by atoms with E-state index in [0.29, 0.717) is 12.3 Å². The fourth-order valence-electron chi connectivity index (χ4n) is 1.35. The van der Waals surface area contributed by atoms with Crippen molar-refractivity contribution in [2.45, 2.75) is 39.8 Å². The van der Waals surface area contributed by atoms with E-state index in [4.69, 9.17) is 0 Å². The molecule has 0 aliphatic heterocycles. The van der Waals surface area contributed by atoms with E-state index in [2.05, 4.69) is 18.9 Å². The van der Waals surface area contributed by atoms with E-state index in [1.54, 1.807) is 13.1 Å². The second-order valence-corrected chi connectivity index (χ2v) is 3.95. The van der Waals surface area contributed by atoms with E-state index >= 15 is 0 Å². The molecular weight excluding hydrogens is 164 g/mol. The maximum Gasteiger partial charge on any atom is 0.0567 e. The molecule has 0 fully saturated rings. The first kappa shape index (κ1) is 10.3. The SMILES string of the molecule is CC(C)Cn1nccc1C[C@@H](C)O. The van der Waals surface area contributed by atoms with Crippen molar-refractivity contribution in [2.24, 2.45) is 5.92 Å². The highest BCUT2D eigenvalue weighted by Crippen LogP contribution is 2.06. The van der Waals surface area contributed by atoms with Gasteiger partial charge in [0.1, 0.15) is 0 Å². The molecule has 3 heteroatoms. The molecule has 0 bridgehead atoms. The zero-order chi connectivity index (χ0) is 9.84. The summed E-state index contributed by atoms with van der Waals surface area (Å²) in [5.74, 6) is 0.590. The number of nitrogens with zero attached hydrogens (tertiary/aromatic N) is 2. The van der Waals surface area contributed by atoms with Gasteiger partial charge in [-0.3, -0.25) is 4.68 Å². The Kier molecular flexibility index (Phi) is 3.48. The van der Waals surface area contributed by atoms with Gasteiger partial charge in [0.05, 0.1) is 6.10 Å². The van der Waals surface area contributed by atoms with Crippen molar-refractivity contribution in [1.29, 1.82) is 0 Å². The summed E-state index contributed by atoms with van der Waals surface area (Å²) in [5, 5.41) is 13.5. The molecule has 74 valence electrons. The van der Waals surface area contributed by atoms with Crippen LogP contribution in [-0.2, 0) is 13.0 Å². The van der Waals surface area contributed by atoms with Crippen LogP contribution >= 0.6 is 0 Å². The molecule has 0 amide bonds. The third kappa shape index (κ3) is 3.19. The molecule has 1 N–H and O–H groups in total. The molecule has 0 unspecified atom stereocenters. The molecule has 13 heavy (non-hydrogen) atoms. The van der Waals surface area contributed by atoms with Crippen LogP contribution in [-0.4, -0.2) is 21.0 Å².